The van der Waals surface area contributed by atoms with Crippen LogP contribution in [-0.2, 0) is 4.79 Å². The molecular formula is C14H14ClN4O. The summed E-state index contributed by atoms with van der Waals surface area (Å²) in [5.74, 6) is 0.294. The summed E-state index contributed by atoms with van der Waals surface area (Å²) in [6, 6.07) is 3.69. The van der Waals surface area contributed by atoms with Gasteiger partial charge in [0, 0.05) is 19.7 Å². The molecule has 3 rings (SSSR count). The van der Waals surface area contributed by atoms with Gasteiger partial charge in [0.2, 0.25) is 5.91 Å². The van der Waals surface area contributed by atoms with E-state index in [1.807, 2.05) is 12.1 Å². The molecule has 0 atom stereocenters. The topological polar surface area (TPSA) is 51.0 Å². The van der Waals surface area contributed by atoms with Gasteiger partial charge in [-0.2, -0.15) is 5.10 Å². The highest BCUT2D eigenvalue weighted by molar-refractivity contribution is 6.32. The van der Waals surface area contributed by atoms with Gasteiger partial charge in [0.25, 0.3) is 0 Å². The van der Waals surface area contributed by atoms with Gasteiger partial charge in [0.1, 0.15) is 5.69 Å². The minimum Gasteiger partial charge on any atom is -0.308 e. The smallest absolute Gasteiger partial charge is 0.227 e. The molecule has 2 aromatic heterocycles. The molecular weight excluding hydrogens is 276 g/mol. The van der Waals surface area contributed by atoms with E-state index < -0.39 is 0 Å². The first-order chi connectivity index (χ1) is 9.65. The van der Waals surface area contributed by atoms with Crippen molar-refractivity contribution in [3.05, 3.63) is 42.8 Å². The summed E-state index contributed by atoms with van der Waals surface area (Å²) in [4.78, 5) is 17.4. The largest absolute Gasteiger partial charge is 0.308 e. The number of rotatable bonds is 4. The number of amides is 1. The molecule has 0 aliphatic heterocycles. The number of carbonyl (C=O) groups is 1. The lowest BCUT2D eigenvalue weighted by atomic mass is 10.3. The highest BCUT2D eigenvalue weighted by Crippen LogP contribution is 2.33. The zero-order valence-corrected chi connectivity index (χ0v) is 11.6. The molecule has 1 fully saturated rings. The minimum atomic E-state index is -0.260. The second-order valence-electron chi connectivity index (χ2n) is 4.91. The predicted octanol–water partition coefficient (Wildman–Crippen LogP) is 2.50. The van der Waals surface area contributed by atoms with E-state index in [0.29, 0.717) is 23.3 Å². The van der Waals surface area contributed by atoms with E-state index in [-0.39, 0.29) is 5.91 Å². The predicted molar refractivity (Wildman–Crippen MR) is 76.8 cm³/mol. The van der Waals surface area contributed by atoms with Gasteiger partial charge in [-0.3, -0.25) is 9.78 Å². The third-order valence-electron chi connectivity index (χ3n) is 3.29. The molecule has 1 aliphatic rings. The standard InChI is InChI=1S/C14H14ClN4O/c1-10(20)18(8-11-4-5-11)13-9-19(17-14(13)15)12-3-2-6-16-7-12/h2-3,6-7,9,11H,1,4-5,8H2. The molecule has 0 saturated heterocycles. The van der Waals surface area contributed by atoms with Crippen molar-refractivity contribution in [3.8, 4) is 5.69 Å². The molecule has 5 nitrogen and oxygen atoms in total. The molecule has 1 amide bonds. The quantitative estimate of drug-likeness (QED) is 0.869. The first kappa shape index (κ1) is 13.1. The second kappa shape index (κ2) is 5.25. The SMILES string of the molecule is [CH2]C(=O)N(CC1CC1)c1cn(-c2cccnc2)nc1Cl. The molecule has 0 aromatic carbocycles. The Kier molecular flexibility index (Phi) is 3.44. The average Bonchev–Trinajstić information content (AvgIpc) is 3.19. The number of hydrogen-bond donors (Lipinski definition) is 0. The normalized spacial score (nSPS) is 14.3. The van der Waals surface area contributed by atoms with Crippen LogP contribution in [0.3, 0.4) is 0 Å². The van der Waals surface area contributed by atoms with E-state index in [4.69, 9.17) is 11.6 Å². The van der Waals surface area contributed by atoms with Crippen molar-refractivity contribution in [1.82, 2.24) is 14.8 Å². The molecule has 0 bridgehead atoms. The van der Waals surface area contributed by atoms with Crippen molar-refractivity contribution in [3.63, 3.8) is 0 Å². The Labute approximate surface area is 122 Å². The third-order valence-corrected chi connectivity index (χ3v) is 3.56. The van der Waals surface area contributed by atoms with Gasteiger partial charge >= 0.3 is 0 Å². The van der Waals surface area contributed by atoms with Crippen LogP contribution in [0.15, 0.2) is 30.7 Å². The number of halogens is 1. The summed E-state index contributed by atoms with van der Waals surface area (Å²) < 4.78 is 1.62. The summed E-state index contributed by atoms with van der Waals surface area (Å²) in [6.45, 7) is 4.15. The van der Waals surface area contributed by atoms with Crippen molar-refractivity contribution in [2.24, 2.45) is 5.92 Å². The molecule has 1 saturated carbocycles. The van der Waals surface area contributed by atoms with E-state index in [1.54, 1.807) is 28.2 Å². The molecule has 2 heterocycles. The van der Waals surface area contributed by atoms with Crippen molar-refractivity contribution >= 4 is 23.2 Å². The van der Waals surface area contributed by atoms with Crippen LogP contribution in [-0.4, -0.2) is 27.2 Å². The number of pyridine rings is 1. The summed E-state index contributed by atoms with van der Waals surface area (Å²) in [6.07, 6.45) is 7.42. The van der Waals surface area contributed by atoms with Crippen LogP contribution in [0.2, 0.25) is 5.15 Å². The molecule has 6 heteroatoms. The number of carbonyl (C=O) groups excluding carboxylic acids is 1. The molecule has 103 valence electrons. The molecule has 20 heavy (non-hydrogen) atoms. The van der Waals surface area contributed by atoms with Gasteiger partial charge in [-0.05, 0) is 30.9 Å². The average molecular weight is 290 g/mol. The van der Waals surface area contributed by atoms with Gasteiger partial charge in [-0.15, -0.1) is 0 Å². The van der Waals surface area contributed by atoms with Crippen molar-refractivity contribution < 1.29 is 4.79 Å². The fourth-order valence-corrected chi connectivity index (χ4v) is 2.27. The molecule has 1 aliphatic carbocycles. The van der Waals surface area contributed by atoms with Crippen LogP contribution in [0.1, 0.15) is 12.8 Å². The van der Waals surface area contributed by atoms with Gasteiger partial charge < -0.3 is 4.90 Å². The lowest BCUT2D eigenvalue weighted by Crippen LogP contribution is -2.30. The van der Waals surface area contributed by atoms with Crippen LogP contribution in [0.5, 0.6) is 0 Å². The Hall–Kier alpha value is -1.88. The van der Waals surface area contributed by atoms with E-state index in [2.05, 4.69) is 17.0 Å². The Bertz CT molecular complexity index is 621. The number of hydrogen-bond acceptors (Lipinski definition) is 3. The number of aromatic nitrogens is 3. The maximum absolute atomic E-state index is 11.7. The van der Waals surface area contributed by atoms with Crippen LogP contribution >= 0.6 is 11.6 Å². The van der Waals surface area contributed by atoms with Crippen molar-refractivity contribution in [1.29, 1.82) is 0 Å². The molecule has 0 N–H and O–H groups in total. The van der Waals surface area contributed by atoms with Gasteiger partial charge in [0.05, 0.1) is 18.1 Å². The summed E-state index contributed by atoms with van der Waals surface area (Å²) in [5.41, 5.74) is 1.39. The zero-order chi connectivity index (χ0) is 14.1. The van der Waals surface area contributed by atoms with Crippen molar-refractivity contribution in [2.45, 2.75) is 12.8 Å². The lowest BCUT2D eigenvalue weighted by molar-refractivity contribution is -0.114. The second-order valence-corrected chi connectivity index (χ2v) is 5.27. The molecule has 0 spiro atoms. The number of nitrogens with zero attached hydrogens (tertiary/aromatic N) is 4. The molecule has 1 radical (unpaired) electrons. The van der Waals surface area contributed by atoms with Crippen LogP contribution in [0.25, 0.3) is 5.69 Å². The van der Waals surface area contributed by atoms with Gasteiger partial charge in [-0.1, -0.05) is 11.6 Å². The highest BCUT2D eigenvalue weighted by atomic mass is 35.5. The first-order valence-electron chi connectivity index (χ1n) is 6.44. The zero-order valence-electron chi connectivity index (χ0n) is 10.9. The van der Waals surface area contributed by atoms with Crippen LogP contribution in [0, 0.1) is 12.8 Å². The van der Waals surface area contributed by atoms with E-state index in [9.17, 15) is 4.79 Å². The number of anilines is 1. The van der Waals surface area contributed by atoms with Crippen LogP contribution in [0.4, 0.5) is 5.69 Å². The third kappa shape index (κ3) is 2.67. The molecule has 0 unspecified atom stereocenters. The maximum atomic E-state index is 11.7. The summed E-state index contributed by atoms with van der Waals surface area (Å²) >= 11 is 6.16. The Morgan fingerprint density at radius 2 is 2.35 bits per heavy atom. The fourth-order valence-electron chi connectivity index (χ4n) is 2.04. The lowest BCUT2D eigenvalue weighted by Gasteiger charge is -2.19. The van der Waals surface area contributed by atoms with Crippen LogP contribution < -0.4 is 4.90 Å². The van der Waals surface area contributed by atoms with E-state index in [1.165, 1.54) is 0 Å². The van der Waals surface area contributed by atoms with Gasteiger partial charge in [0.15, 0.2) is 5.15 Å². The monoisotopic (exact) mass is 289 g/mol. The Morgan fingerprint density at radius 1 is 1.55 bits per heavy atom. The Balaban J connectivity index is 1.92. The van der Waals surface area contributed by atoms with Gasteiger partial charge in [-0.25, -0.2) is 4.68 Å². The van der Waals surface area contributed by atoms with E-state index in [0.717, 1.165) is 18.5 Å². The summed E-state index contributed by atoms with van der Waals surface area (Å²) in [7, 11) is 0. The first-order valence-corrected chi connectivity index (χ1v) is 6.82. The maximum Gasteiger partial charge on any atom is 0.227 e. The summed E-state index contributed by atoms with van der Waals surface area (Å²) in [5, 5.41) is 4.53. The highest BCUT2D eigenvalue weighted by Gasteiger charge is 2.28. The minimum absolute atomic E-state index is 0.260. The Morgan fingerprint density at radius 3 is 2.95 bits per heavy atom. The fraction of sp³-hybridized carbons (Fsp3) is 0.286. The van der Waals surface area contributed by atoms with Crippen molar-refractivity contribution in [2.75, 3.05) is 11.4 Å². The molecule has 2 aromatic rings. The van der Waals surface area contributed by atoms with E-state index >= 15 is 0 Å².